The zero-order valence-corrected chi connectivity index (χ0v) is 6.66. The number of fused-ring (bicyclic) bond motifs is 1. The van der Waals surface area contributed by atoms with E-state index < -0.39 is 0 Å². The molecule has 1 heterocycles. The second kappa shape index (κ2) is 2.68. The highest BCUT2D eigenvalue weighted by Gasteiger charge is 2.22. The summed E-state index contributed by atoms with van der Waals surface area (Å²) < 4.78 is 5.34. The molecule has 1 aliphatic heterocycles. The lowest BCUT2D eigenvalue weighted by molar-refractivity contribution is 0.232. The molecule has 0 radical (unpaired) electrons. The van der Waals surface area contributed by atoms with Crippen LogP contribution < -0.4 is 10.5 Å². The maximum atomic E-state index is 8.97. The molecule has 0 aliphatic carbocycles. The number of aliphatic hydroxyl groups is 1. The molecule has 3 N–H and O–H groups in total. The molecule has 12 heavy (non-hydrogen) atoms. The normalized spacial score (nSPS) is 20.2. The van der Waals surface area contributed by atoms with Gasteiger partial charge in [-0.3, -0.25) is 0 Å². The lowest BCUT2D eigenvalue weighted by Gasteiger charge is -2.02. The van der Waals surface area contributed by atoms with Crippen LogP contribution in [0.25, 0.3) is 0 Å². The molecular formula is C9H11NO2. The fraction of sp³-hybridized carbons (Fsp3) is 0.333. The average Bonchev–Trinajstić information content (AvgIpc) is 2.46. The number of anilines is 1. The number of benzene rings is 1. The molecule has 1 aromatic carbocycles. The summed E-state index contributed by atoms with van der Waals surface area (Å²) in [6, 6.07) is 5.54. The van der Waals surface area contributed by atoms with Crippen molar-refractivity contribution in [2.75, 3.05) is 18.9 Å². The van der Waals surface area contributed by atoms with E-state index in [0.717, 1.165) is 11.3 Å². The van der Waals surface area contributed by atoms with Gasteiger partial charge in [-0.2, -0.15) is 0 Å². The van der Waals surface area contributed by atoms with Gasteiger partial charge in [0, 0.05) is 23.2 Å². The Morgan fingerprint density at radius 1 is 1.58 bits per heavy atom. The predicted octanol–water partition coefficient (Wildman–Crippen LogP) is 0.737. The van der Waals surface area contributed by atoms with Crippen molar-refractivity contribution in [2.24, 2.45) is 0 Å². The van der Waals surface area contributed by atoms with Crippen LogP contribution >= 0.6 is 0 Å². The van der Waals surface area contributed by atoms with Gasteiger partial charge in [-0.15, -0.1) is 0 Å². The van der Waals surface area contributed by atoms with Crippen LogP contribution in [0.2, 0.25) is 0 Å². The quantitative estimate of drug-likeness (QED) is 0.603. The first-order chi connectivity index (χ1) is 5.81. The standard InChI is InChI=1S/C9H11NO2/c10-7-1-2-8-6(4-11)5-12-9(8)3-7/h1-3,6,11H,4-5,10H2. The Morgan fingerprint density at radius 3 is 3.17 bits per heavy atom. The SMILES string of the molecule is Nc1ccc2c(c1)OCC2CO. The Morgan fingerprint density at radius 2 is 2.42 bits per heavy atom. The van der Waals surface area contributed by atoms with Gasteiger partial charge in [-0.05, 0) is 6.07 Å². The minimum absolute atomic E-state index is 0.126. The molecule has 0 aromatic heterocycles. The summed E-state index contributed by atoms with van der Waals surface area (Å²) in [6.07, 6.45) is 0. The van der Waals surface area contributed by atoms with Crippen LogP contribution in [0.1, 0.15) is 11.5 Å². The molecule has 1 aromatic rings. The van der Waals surface area contributed by atoms with Gasteiger partial charge in [-0.1, -0.05) is 6.07 Å². The van der Waals surface area contributed by atoms with Crippen molar-refractivity contribution in [3.8, 4) is 5.75 Å². The van der Waals surface area contributed by atoms with E-state index in [-0.39, 0.29) is 12.5 Å². The molecule has 2 rings (SSSR count). The minimum Gasteiger partial charge on any atom is -0.492 e. The first kappa shape index (κ1) is 7.43. The van der Waals surface area contributed by atoms with Crippen molar-refractivity contribution in [3.63, 3.8) is 0 Å². The fourth-order valence-corrected chi connectivity index (χ4v) is 1.44. The lowest BCUT2D eigenvalue weighted by atomic mass is 10.0. The van der Waals surface area contributed by atoms with Crippen LogP contribution in [-0.4, -0.2) is 18.3 Å². The van der Waals surface area contributed by atoms with Crippen molar-refractivity contribution in [3.05, 3.63) is 23.8 Å². The summed E-state index contributed by atoms with van der Waals surface area (Å²) in [5.41, 5.74) is 7.34. The number of aliphatic hydroxyl groups excluding tert-OH is 1. The van der Waals surface area contributed by atoms with Crippen molar-refractivity contribution in [1.29, 1.82) is 0 Å². The molecule has 0 bridgehead atoms. The fourth-order valence-electron chi connectivity index (χ4n) is 1.44. The van der Waals surface area contributed by atoms with E-state index in [2.05, 4.69) is 0 Å². The van der Waals surface area contributed by atoms with E-state index in [0.29, 0.717) is 12.3 Å². The Kier molecular flexibility index (Phi) is 1.66. The molecule has 1 aliphatic rings. The minimum atomic E-state index is 0.126. The van der Waals surface area contributed by atoms with Crippen LogP contribution in [0, 0.1) is 0 Å². The van der Waals surface area contributed by atoms with Gasteiger partial charge in [0.05, 0.1) is 13.2 Å². The van der Waals surface area contributed by atoms with Crippen LogP contribution in [0.3, 0.4) is 0 Å². The number of hydrogen-bond acceptors (Lipinski definition) is 3. The first-order valence-corrected chi connectivity index (χ1v) is 3.94. The maximum Gasteiger partial charge on any atom is 0.125 e. The van der Waals surface area contributed by atoms with E-state index in [1.54, 1.807) is 6.07 Å². The second-order valence-corrected chi connectivity index (χ2v) is 2.99. The van der Waals surface area contributed by atoms with Crippen LogP contribution in [0.5, 0.6) is 5.75 Å². The van der Waals surface area contributed by atoms with Gasteiger partial charge in [0.1, 0.15) is 5.75 Å². The molecule has 0 fully saturated rings. The third kappa shape index (κ3) is 1.02. The largest absolute Gasteiger partial charge is 0.492 e. The molecule has 64 valence electrons. The van der Waals surface area contributed by atoms with Crippen molar-refractivity contribution in [1.82, 2.24) is 0 Å². The highest BCUT2D eigenvalue weighted by molar-refractivity contribution is 5.51. The zero-order chi connectivity index (χ0) is 8.55. The predicted molar refractivity (Wildman–Crippen MR) is 46.2 cm³/mol. The molecule has 0 saturated carbocycles. The molecule has 3 nitrogen and oxygen atoms in total. The van der Waals surface area contributed by atoms with E-state index in [4.69, 9.17) is 15.6 Å². The number of ether oxygens (including phenoxy) is 1. The summed E-state index contributed by atoms with van der Waals surface area (Å²) in [5, 5.41) is 8.97. The topological polar surface area (TPSA) is 55.5 Å². The second-order valence-electron chi connectivity index (χ2n) is 2.99. The molecular weight excluding hydrogens is 154 g/mol. The number of rotatable bonds is 1. The number of nitrogens with two attached hydrogens (primary N) is 1. The Hall–Kier alpha value is -1.22. The van der Waals surface area contributed by atoms with Gasteiger partial charge in [-0.25, -0.2) is 0 Å². The van der Waals surface area contributed by atoms with Crippen LogP contribution in [0.15, 0.2) is 18.2 Å². The maximum absolute atomic E-state index is 8.97. The Balaban J connectivity index is 2.40. The monoisotopic (exact) mass is 165 g/mol. The summed E-state index contributed by atoms with van der Waals surface area (Å²) in [7, 11) is 0. The molecule has 0 spiro atoms. The van der Waals surface area contributed by atoms with Crippen LogP contribution in [-0.2, 0) is 0 Å². The molecule has 0 saturated heterocycles. The highest BCUT2D eigenvalue weighted by Crippen LogP contribution is 2.34. The summed E-state index contributed by atoms with van der Waals surface area (Å²) in [4.78, 5) is 0. The van der Waals surface area contributed by atoms with Crippen molar-refractivity contribution in [2.45, 2.75) is 5.92 Å². The molecule has 3 heteroatoms. The smallest absolute Gasteiger partial charge is 0.125 e. The van der Waals surface area contributed by atoms with E-state index in [1.807, 2.05) is 12.1 Å². The Bertz CT molecular complexity index is 299. The van der Waals surface area contributed by atoms with E-state index in [9.17, 15) is 0 Å². The molecule has 1 unspecified atom stereocenters. The average molecular weight is 165 g/mol. The van der Waals surface area contributed by atoms with Crippen molar-refractivity contribution >= 4 is 5.69 Å². The zero-order valence-electron chi connectivity index (χ0n) is 6.66. The summed E-state index contributed by atoms with van der Waals surface area (Å²) >= 11 is 0. The van der Waals surface area contributed by atoms with Gasteiger partial charge in [0.25, 0.3) is 0 Å². The first-order valence-electron chi connectivity index (χ1n) is 3.94. The number of nitrogen functional groups attached to an aromatic ring is 1. The van der Waals surface area contributed by atoms with E-state index in [1.165, 1.54) is 0 Å². The van der Waals surface area contributed by atoms with Gasteiger partial charge >= 0.3 is 0 Å². The van der Waals surface area contributed by atoms with Gasteiger partial charge in [0.2, 0.25) is 0 Å². The van der Waals surface area contributed by atoms with Crippen LogP contribution in [0.4, 0.5) is 5.69 Å². The van der Waals surface area contributed by atoms with Crippen molar-refractivity contribution < 1.29 is 9.84 Å². The van der Waals surface area contributed by atoms with Gasteiger partial charge < -0.3 is 15.6 Å². The third-order valence-corrected chi connectivity index (χ3v) is 2.14. The highest BCUT2D eigenvalue weighted by atomic mass is 16.5. The number of hydrogen-bond donors (Lipinski definition) is 2. The van der Waals surface area contributed by atoms with Gasteiger partial charge in [0.15, 0.2) is 0 Å². The summed E-state index contributed by atoms with van der Waals surface area (Å²) in [5.74, 6) is 0.939. The molecule has 0 amide bonds. The third-order valence-electron chi connectivity index (χ3n) is 2.14. The molecule has 1 atom stereocenters. The lowest BCUT2D eigenvalue weighted by Crippen LogP contribution is -2.04. The Labute approximate surface area is 70.8 Å². The van der Waals surface area contributed by atoms with E-state index >= 15 is 0 Å². The summed E-state index contributed by atoms with van der Waals surface area (Å²) in [6.45, 7) is 0.701.